The first kappa shape index (κ1) is 16.5. The van der Waals surface area contributed by atoms with E-state index in [1.807, 2.05) is 0 Å². The quantitative estimate of drug-likeness (QED) is 0.585. The highest BCUT2D eigenvalue weighted by Gasteiger charge is 2.12. The number of pyridine rings is 1. The van der Waals surface area contributed by atoms with Crippen molar-refractivity contribution in [2.45, 2.75) is 18.9 Å². The fourth-order valence-corrected chi connectivity index (χ4v) is 0.892. The van der Waals surface area contributed by atoms with Gasteiger partial charge in [-0.2, -0.15) is 0 Å². The molecule has 0 amide bonds. The van der Waals surface area contributed by atoms with Crippen molar-refractivity contribution in [1.82, 2.24) is 4.98 Å². The van der Waals surface area contributed by atoms with Crippen molar-refractivity contribution in [2.24, 2.45) is 5.73 Å². The highest BCUT2D eigenvalue weighted by molar-refractivity contribution is 5.86. The number of hydrogen-bond donors (Lipinski definition) is 4. The predicted molar refractivity (Wildman–Crippen MR) is 63.7 cm³/mol. The first-order valence-corrected chi connectivity index (χ1v) is 5.18. The molecule has 104 valence electrons. The normalized spacial score (nSPS) is 10.8. The lowest BCUT2D eigenvalue weighted by Crippen LogP contribution is -2.30. The molecule has 1 aromatic heterocycles. The summed E-state index contributed by atoms with van der Waals surface area (Å²) in [6, 6.07) is 2.02. The minimum absolute atomic E-state index is 0.0231. The Balaban J connectivity index is 0.000000342. The van der Waals surface area contributed by atoms with E-state index in [2.05, 4.69) is 4.98 Å². The van der Waals surface area contributed by atoms with E-state index in [1.165, 1.54) is 18.5 Å². The number of carboxylic acid groups (broad SMARTS) is 3. The molecule has 0 spiro atoms. The number of aromatic carboxylic acids is 1. The molecule has 0 saturated carbocycles. The monoisotopic (exact) mass is 270 g/mol. The number of nitrogens with zero attached hydrogens (tertiary/aromatic N) is 1. The molecule has 0 fully saturated rings. The molecule has 0 unspecified atom stereocenters. The van der Waals surface area contributed by atoms with Gasteiger partial charge in [0.25, 0.3) is 0 Å². The molecule has 0 bridgehead atoms. The summed E-state index contributed by atoms with van der Waals surface area (Å²) in [6.45, 7) is 0. The maximum absolute atomic E-state index is 10.2. The maximum atomic E-state index is 10.2. The molecule has 0 radical (unpaired) electrons. The molecule has 1 heterocycles. The van der Waals surface area contributed by atoms with E-state index in [9.17, 15) is 14.4 Å². The van der Waals surface area contributed by atoms with E-state index in [1.54, 1.807) is 6.07 Å². The Bertz CT molecular complexity index is 434. The third kappa shape index (κ3) is 8.27. The van der Waals surface area contributed by atoms with Crippen LogP contribution < -0.4 is 5.73 Å². The van der Waals surface area contributed by atoms with Gasteiger partial charge in [-0.3, -0.25) is 14.6 Å². The van der Waals surface area contributed by atoms with E-state index >= 15 is 0 Å². The van der Waals surface area contributed by atoms with Crippen molar-refractivity contribution in [2.75, 3.05) is 0 Å². The number of hydrogen-bond acceptors (Lipinski definition) is 5. The largest absolute Gasteiger partial charge is 0.481 e. The Morgan fingerprint density at radius 2 is 1.89 bits per heavy atom. The van der Waals surface area contributed by atoms with Crippen molar-refractivity contribution in [1.29, 1.82) is 0 Å². The van der Waals surface area contributed by atoms with Crippen LogP contribution in [0.4, 0.5) is 0 Å². The van der Waals surface area contributed by atoms with Crippen LogP contribution in [0.1, 0.15) is 23.2 Å². The zero-order valence-electron chi connectivity index (χ0n) is 9.89. The number of carboxylic acids is 3. The van der Waals surface area contributed by atoms with Gasteiger partial charge in [0.2, 0.25) is 0 Å². The summed E-state index contributed by atoms with van der Waals surface area (Å²) in [5, 5.41) is 24.6. The summed E-state index contributed by atoms with van der Waals surface area (Å²) in [5.41, 5.74) is 5.22. The Morgan fingerprint density at radius 1 is 1.26 bits per heavy atom. The zero-order chi connectivity index (χ0) is 14.8. The average Bonchev–Trinajstić information content (AvgIpc) is 2.37. The Kier molecular flexibility index (Phi) is 7.47. The van der Waals surface area contributed by atoms with Crippen molar-refractivity contribution in [3.63, 3.8) is 0 Å². The van der Waals surface area contributed by atoms with E-state index < -0.39 is 23.9 Å². The van der Waals surface area contributed by atoms with Crippen LogP contribution in [0.2, 0.25) is 0 Å². The topological polar surface area (TPSA) is 151 Å². The molecular weight excluding hydrogens is 256 g/mol. The first-order valence-electron chi connectivity index (χ1n) is 5.18. The molecule has 1 atom stereocenters. The fourth-order valence-electron chi connectivity index (χ4n) is 0.892. The lowest BCUT2D eigenvalue weighted by molar-refractivity contribution is -0.139. The highest BCUT2D eigenvalue weighted by atomic mass is 16.4. The summed E-state index contributed by atoms with van der Waals surface area (Å²) in [5.74, 6) is -3.14. The second kappa shape index (κ2) is 8.59. The molecular formula is C11H14N2O6. The number of aromatic nitrogens is 1. The van der Waals surface area contributed by atoms with Crippen LogP contribution in [-0.4, -0.2) is 44.3 Å². The lowest BCUT2D eigenvalue weighted by Gasteiger charge is -2.01. The Morgan fingerprint density at radius 3 is 2.21 bits per heavy atom. The number of aliphatic carboxylic acids is 2. The van der Waals surface area contributed by atoms with Gasteiger partial charge in [0, 0.05) is 18.8 Å². The van der Waals surface area contributed by atoms with Gasteiger partial charge in [0.05, 0.1) is 5.56 Å². The van der Waals surface area contributed by atoms with Crippen molar-refractivity contribution in [3.8, 4) is 0 Å². The summed E-state index contributed by atoms with van der Waals surface area (Å²) in [4.78, 5) is 33.7. The van der Waals surface area contributed by atoms with Crippen LogP contribution in [0.3, 0.4) is 0 Å². The molecule has 0 aliphatic carbocycles. The predicted octanol–water partition coefficient (Wildman–Crippen LogP) is 0.0429. The SMILES string of the molecule is N[C@@H](CCC(=O)O)C(=O)O.O=C(O)c1cccnc1. The van der Waals surface area contributed by atoms with Gasteiger partial charge in [-0.15, -0.1) is 0 Å². The van der Waals surface area contributed by atoms with Crippen LogP contribution in [-0.2, 0) is 9.59 Å². The smallest absolute Gasteiger partial charge is 0.337 e. The molecule has 8 heteroatoms. The molecule has 0 aliphatic rings. The van der Waals surface area contributed by atoms with Crippen molar-refractivity contribution in [3.05, 3.63) is 30.1 Å². The standard InChI is InChI=1S/C6H5NO2.C5H9NO4/c8-6(9)5-2-1-3-7-4-5;6-3(5(9)10)1-2-4(7)8/h1-4H,(H,8,9);3H,1-2,6H2,(H,7,8)(H,9,10)/t;3-/m.0/s1. The van der Waals surface area contributed by atoms with Gasteiger partial charge >= 0.3 is 17.9 Å². The van der Waals surface area contributed by atoms with Crippen molar-refractivity contribution < 1.29 is 29.7 Å². The van der Waals surface area contributed by atoms with E-state index in [-0.39, 0.29) is 18.4 Å². The molecule has 0 aromatic carbocycles. The minimum Gasteiger partial charge on any atom is -0.481 e. The van der Waals surface area contributed by atoms with Crippen molar-refractivity contribution >= 4 is 17.9 Å². The number of carbonyl (C=O) groups is 3. The van der Waals surface area contributed by atoms with Gasteiger partial charge in [0.15, 0.2) is 0 Å². The molecule has 0 saturated heterocycles. The zero-order valence-corrected chi connectivity index (χ0v) is 9.89. The average molecular weight is 270 g/mol. The molecule has 5 N–H and O–H groups in total. The van der Waals surface area contributed by atoms with Crippen LogP contribution in [0, 0.1) is 0 Å². The van der Waals surface area contributed by atoms with Crippen LogP contribution in [0.5, 0.6) is 0 Å². The summed E-state index contributed by atoms with van der Waals surface area (Å²) < 4.78 is 0. The summed E-state index contributed by atoms with van der Waals surface area (Å²) >= 11 is 0. The molecule has 19 heavy (non-hydrogen) atoms. The molecule has 1 rings (SSSR count). The molecule has 8 nitrogen and oxygen atoms in total. The Hall–Kier alpha value is -2.48. The summed E-state index contributed by atoms with van der Waals surface area (Å²) in [7, 11) is 0. The number of nitrogens with two attached hydrogens (primary N) is 1. The third-order valence-corrected chi connectivity index (χ3v) is 1.89. The van der Waals surface area contributed by atoms with Gasteiger partial charge in [-0.25, -0.2) is 4.79 Å². The fraction of sp³-hybridized carbons (Fsp3) is 0.273. The molecule has 0 aliphatic heterocycles. The lowest BCUT2D eigenvalue weighted by atomic mass is 10.2. The van der Waals surface area contributed by atoms with Gasteiger partial charge in [0.1, 0.15) is 6.04 Å². The summed E-state index contributed by atoms with van der Waals surface area (Å²) in [6.07, 6.45) is 2.62. The minimum atomic E-state index is -1.17. The van der Waals surface area contributed by atoms with E-state index in [0.29, 0.717) is 0 Å². The van der Waals surface area contributed by atoms with Gasteiger partial charge < -0.3 is 21.1 Å². The van der Waals surface area contributed by atoms with E-state index in [0.717, 1.165) is 0 Å². The van der Waals surface area contributed by atoms with Gasteiger partial charge in [-0.05, 0) is 18.6 Å². The highest BCUT2D eigenvalue weighted by Crippen LogP contribution is 1.93. The van der Waals surface area contributed by atoms with Crippen LogP contribution in [0.15, 0.2) is 24.5 Å². The third-order valence-electron chi connectivity index (χ3n) is 1.89. The Labute approximate surface area is 108 Å². The molecule has 1 aromatic rings. The first-order chi connectivity index (χ1) is 8.84. The second-order valence-corrected chi connectivity index (χ2v) is 3.42. The van der Waals surface area contributed by atoms with E-state index in [4.69, 9.17) is 21.1 Å². The van der Waals surface area contributed by atoms with Crippen LogP contribution in [0.25, 0.3) is 0 Å². The maximum Gasteiger partial charge on any atom is 0.337 e. The van der Waals surface area contributed by atoms with Crippen LogP contribution >= 0.6 is 0 Å². The van der Waals surface area contributed by atoms with Gasteiger partial charge in [-0.1, -0.05) is 0 Å². The number of rotatable bonds is 5. The second-order valence-electron chi connectivity index (χ2n) is 3.42.